The molecule has 0 aromatic heterocycles. The lowest BCUT2D eigenvalue weighted by Crippen LogP contribution is -2.43. The Hall–Kier alpha value is -3.10. The molecular formula is C23H24F3NO5. The summed E-state index contributed by atoms with van der Waals surface area (Å²) in [7, 11) is 1.19. The molecular weight excluding hydrogens is 427 g/mol. The summed E-state index contributed by atoms with van der Waals surface area (Å²) in [5.41, 5.74) is 0.755. The first-order valence-corrected chi connectivity index (χ1v) is 10.2. The zero-order valence-corrected chi connectivity index (χ0v) is 18.1. The number of esters is 2. The van der Waals surface area contributed by atoms with Gasteiger partial charge in [0.05, 0.1) is 24.9 Å². The number of dihydropyridines is 1. The second kappa shape index (κ2) is 8.80. The average molecular weight is 451 g/mol. The summed E-state index contributed by atoms with van der Waals surface area (Å²) in [4.78, 5) is 38.6. The van der Waals surface area contributed by atoms with Crippen molar-refractivity contribution in [2.24, 2.45) is 11.8 Å². The first kappa shape index (κ1) is 23.6. The monoisotopic (exact) mass is 451 g/mol. The predicted octanol–water partition coefficient (Wildman–Crippen LogP) is 3.88. The zero-order chi connectivity index (χ0) is 23.8. The van der Waals surface area contributed by atoms with Crippen molar-refractivity contribution in [2.75, 3.05) is 13.7 Å². The smallest absolute Gasteiger partial charge is 0.416 e. The lowest BCUT2D eigenvalue weighted by atomic mass is 9.69. The van der Waals surface area contributed by atoms with Crippen LogP contribution in [0, 0.1) is 11.8 Å². The van der Waals surface area contributed by atoms with Gasteiger partial charge in [0.1, 0.15) is 5.92 Å². The van der Waals surface area contributed by atoms with Crippen molar-refractivity contribution >= 4 is 17.7 Å². The van der Waals surface area contributed by atoms with Crippen LogP contribution in [-0.2, 0) is 30.0 Å². The molecule has 9 heteroatoms. The number of allylic oxidation sites excluding steroid dienone is 3. The molecule has 1 aliphatic heterocycles. The van der Waals surface area contributed by atoms with Gasteiger partial charge in [-0.3, -0.25) is 9.59 Å². The Morgan fingerprint density at radius 1 is 1.19 bits per heavy atom. The van der Waals surface area contributed by atoms with Gasteiger partial charge in [0.2, 0.25) is 0 Å². The van der Waals surface area contributed by atoms with Crippen molar-refractivity contribution in [2.45, 2.75) is 39.3 Å². The highest BCUT2D eigenvalue weighted by Gasteiger charge is 2.47. The van der Waals surface area contributed by atoms with Crippen molar-refractivity contribution in [1.82, 2.24) is 5.32 Å². The normalized spacial score (nSPS) is 23.5. The number of rotatable bonds is 4. The highest BCUT2D eigenvalue weighted by atomic mass is 19.4. The van der Waals surface area contributed by atoms with Gasteiger partial charge < -0.3 is 14.8 Å². The van der Waals surface area contributed by atoms with Gasteiger partial charge in [0, 0.05) is 22.9 Å². The van der Waals surface area contributed by atoms with Crippen LogP contribution in [0.3, 0.4) is 0 Å². The predicted molar refractivity (Wildman–Crippen MR) is 108 cm³/mol. The summed E-state index contributed by atoms with van der Waals surface area (Å²) in [6, 6.07) is 4.30. The number of benzene rings is 1. The van der Waals surface area contributed by atoms with E-state index in [1.54, 1.807) is 20.8 Å². The molecule has 0 saturated heterocycles. The van der Waals surface area contributed by atoms with Gasteiger partial charge in [-0.1, -0.05) is 19.1 Å². The van der Waals surface area contributed by atoms with Crippen LogP contribution in [0.25, 0.3) is 0 Å². The number of methoxy groups -OCH3 is 1. The van der Waals surface area contributed by atoms with E-state index in [0.717, 1.165) is 12.1 Å². The van der Waals surface area contributed by atoms with Gasteiger partial charge in [0.15, 0.2) is 5.78 Å². The van der Waals surface area contributed by atoms with Gasteiger partial charge in [-0.15, -0.1) is 0 Å². The maximum absolute atomic E-state index is 13.5. The Morgan fingerprint density at radius 2 is 1.81 bits per heavy atom. The molecule has 3 atom stereocenters. The summed E-state index contributed by atoms with van der Waals surface area (Å²) in [6.45, 7) is 5.10. The largest absolute Gasteiger partial charge is 0.468 e. The summed E-state index contributed by atoms with van der Waals surface area (Å²) >= 11 is 0. The third kappa shape index (κ3) is 4.16. The Kier molecular flexibility index (Phi) is 6.48. The number of ketones is 1. The molecule has 1 aromatic carbocycles. The Labute approximate surface area is 183 Å². The van der Waals surface area contributed by atoms with Crippen molar-refractivity contribution in [3.63, 3.8) is 0 Å². The average Bonchev–Trinajstić information content (AvgIpc) is 2.72. The number of carbonyl (C=O) groups is 3. The van der Waals surface area contributed by atoms with Crippen molar-refractivity contribution in [1.29, 1.82) is 0 Å². The van der Waals surface area contributed by atoms with Crippen molar-refractivity contribution in [3.05, 3.63) is 57.9 Å². The molecule has 32 heavy (non-hydrogen) atoms. The Morgan fingerprint density at radius 3 is 2.34 bits per heavy atom. The molecule has 0 amide bonds. The summed E-state index contributed by atoms with van der Waals surface area (Å²) in [5.74, 6) is -4.29. The minimum atomic E-state index is -4.53. The maximum atomic E-state index is 13.5. The van der Waals surface area contributed by atoms with Gasteiger partial charge in [-0.25, -0.2) is 4.79 Å². The molecule has 0 bridgehead atoms. The standard InChI is InChI=1S/C23H24F3NO5/c1-5-32-22(30)17-12(3)27-15-10-11(2)16(21(29)31-4)20(28)19(15)18(17)13-6-8-14(9-7-13)23(24,25)26/h6-9,11,16,18,27H,5,10H2,1-4H3/t11-,16+,18-/m0/s1. The highest BCUT2D eigenvalue weighted by Crippen LogP contribution is 2.45. The molecule has 6 nitrogen and oxygen atoms in total. The van der Waals surface area contributed by atoms with Crippen LogP contribution in [0.5, 0.6) is 0 Å². The minimum absolute atomic E-state index is 0.0804. The molecule has 0 spiro atoms. The van der Waals surface area contributed by atoms with Crippen molar-refractivity contribution in [3.8, 4) is 0 Å². The number of carbonyl (C=O) groups excluding carboxylic acids is 3. The third-order valence-electron chi connectivity index (χ3n) is 5.81. The van der Waals surface area contributed by atoms with E-state index < -0.39 is 41.3 Å². The van der Waals surface area contributed by atoms with E-state index in [-0.39, 0.29) is 23.7 Å². The molecule has 3 rings (SSSR count). The van der Waals surface area contributed by atoms with Crippen LogP contribution in [0.4, 0.5) is 13.2 Å². The van der Waals surface area contributed by atoms with E-state index in [4.69, 9.17) is 9.47 Å². The van der Waals surface area contributed by atoms with E-state index in [2.05, 4.69) is 5.32 Å². The van der Waals surface area contributed by atoms with E-state index in [9.17, 15) is 27.6 Å². The van der Waals surface area contributed by atoms with E-state index in [1.807, 2.05) is 0 Å². The van der Waals surface area contributed by atoms with Gasteiger partial charge >= 0.3 is 18.1 Å². The topological polar surface area (TPSA) is 81.7 Å². The quantitative estimate of drug-likeness (QED) is 0.553. The SMILES string of the molecule is CCOC(=O)C1=C(C)NC2=C(C(=O)[C@H](C(=O)OC)[C@@H](C)C2)[C@H]1c1ccc(C(F)(F)F)cc1. The van der Waals surface area contributed by atoms with E-state index >= 15 is 0 Å². The molecule has 1 heterocycles. The molecule has 0 saturated carbocycles. The van der Waals surface area contributed by atoms with Crippen molar-refractivity contribution < 1.29 is 37.0 Å². The first-order chi connectivity index (χ1) is 15.0. The fourth-order valence-electron chi connectivity index (χ4n) is 4.36. The van der Waals surface area contributed by atoms with Crippen LogP contribution in [-0.4, -0.2) is 31.4 Å². The Bertz CT molecular complexity index is 1010. The number of Topliss-reactive ketones (excluding diaryl/α,β-unsaturated/α-hetero) is 1. The molecule has 2 aliphatic rings. The molecule has 0 fully saturated rings. The lowest BCUT2D eigenvalue weighted by molar-refractivity contribution is -0.151. The maximum Gasteiger partial charge on any atom is 0.416 e. The van der Waals surface area contributed by atoms with Gasteiger partial charge in [0.25, 0.3) is 0 Å². The number of hydrogen-bond acceptors (Lipinski definition) is 6. The first-order valence-electron chi connectivity index (χ1n) is 10.2. The second-order valence-electron chi connectivity index (χ2n) is 7.88. The number of hydrogen-bond donors (Lipinski definition) is 1. The lowest BCUT2D eigenvalue weighted by Gasteiger charge is -2.38. The van der Waals surface area contributed by atoms with Crippen LogP contribution in [0.15, 0.2) is 46.8 Å². The number of nitrogens with one attached hydrogen (secondary N) is 1. The summed E-state index contributed by atoms with van der Waals surface area (Å²) in [5, 5.41) is 3.09. The molecule has 1 N–H and O–H groups in total. The number of alkyl halides is 3. The molecule has 0 unspecified atom stereocenters. The van der Waals surface area contributed by atoms with Crippen LogP contribution in [0.2, 0.25) is 0 Å². The Balaban J connectivity index is 2.18. The minimum Gasteiger partial charge on any atom is -0.468 e. The van der Waals surface area contributed by atoms with Crippen LogP contribution < -0.4 is 5.32 Å². The second-order valence-corrected chi connectivity index (χ2v) is 7.88. The molecule has 172 valence electrons. The molecule has 1 aliphatic carbocycles. The van der Waals surface area contributed by atoms with Gasteiger partial charge in [-0.05, 0) is 43.9 Å². The highest BCUT2D eigenvalue weighted by molar-refractivity contribution is 6.12. The van der Waals surface area contributed by atoms with Crippen LogP contribution >= 0.6 is 0 Å². The molecule has 0 radical (unpaired) electrons. The van der Waals surface area contributed by atoms with E-state index in [1.165, 1.54) is 19.2 Å². The fourth-order valence-corrected chi connectivity index (χ4v) is 4.36. The van der Waals surface area contributed by atoms with Gasteiger partial charge in [-0.2, -0.15) is 13.2 Å². The summed E-state index contributed by atoms with van der Waals surface area (Å²) < 4.78 is 49.2. The van der Waals surface area contributed by atoms with E-state index in [0.29, 0.717) is 23.4 Å². The fraction of sp³-hybridized carbons (Fsp3) is 0.435. The number of ether oxygens (including phenoxy) is 2. The molecule has 1 aromatic rings. The number of halogens is 3. The third-order valence-corrected chi connectivity index (χ3v) is 5.81. The zero-order valence-electron chi connectivity index (χ0n) is 18.1. The summed E-state index contributed by atoms with van der Waals surface area (Å²) in [6.07, 6.45) is -4.19. The van der Waals surface area contributed by atoms with Crippen LogP contribution in [0.1, 0.15) is 44.2 Å².